The highest BCUT2D eigenvalue weighted by Crippen LogP contribution is 2.36. The summed E-state index contributed by atoms with van der Waals surface area (Å²) in [4.78, 5) is 32.0. The lowest BCUT2D eigenvalue weighted by atomic mass is 9.89. The number of nitrogens with zero attached hydrogens (tertiary/aromatic N) is 3. The van der Waals surface area contributed by atoms with Crippen LogP contribution >= 0.6 is 0 Å². The molecule has 7 bridgehead atoms. The number of hydrogen-bond acceptors (Lipinski definition) is 6. The molecule has 40 heavy (non-hydrogen) atoms. The summed E-state index contributed by atoms with van der Waals surface area (Å²) in [6.07, 6.45) is -5.22. The van der Waals surface area contributed by atoms with Crippen LogP contribution in [0.25, 0.3) is 0 Å². The van der Waals surface area contributed by atoms with Crippen molar-refractivity contribution < 1.29 is 35.9 Å². The van der Waals surface area contributed by atoms with E-state index in [0.717, 1.165) is 23.3 Å². The Bertz CT molecular complexity index is 1510. The van der Waals surface area contributed by atoms with Crippen molar-refractivity contribution in [3.63, 3.8) is 0 Å². The smallest absolute Gasteiger partial charge is 0.416 e. The minimum atomic E-state index is -4.72. The lowest BCUT2D eigenvalue weighted by Gasteiger charge is -2.34. The number of amidine groups is 1. The number of ether oxygens (including phenoxy) is 1. The molecule has 5 heterocycles. The zero-order valence-corrected chi connectivity index (χ0v) is 23.0. The Labute approximate surface area is 230 Å². The van der Waals surface area contributed by atoms with Crippen LogP contribution in [-0.2, 0) is 27.4 Å². The van der Waals surface area contributed by atoms with Crippen LogP contribution in [0.15, 0.2) is 41.4 Å². The lowest BCUT2D eigenvalue weighted by Crippen LogP contribution is -2.50. The Morgan fingerprint density at radius 2 is 1.77 bits per heavy atom. The van der Waals surface area contributed by atoms with Gasteiger partial charge in [0.25, 0.3) is 11.8 Å². The molecule has 5 aliphatic rings. The van der Waals surface area contributed by atoms with E-state index in [-0.39, 0.29) is 55.3 Å². The van der Waals surface area contributed by atoms with Gasteiger partial charge in [0.15, 0.2) is 6.23 Å². The lowest BCUT2D eigenvalue weighted by molar-refractivity contribution is -0.137. The predicted octanol–water partition coefficient (Wildman–Crippen LogP) is 3.11. The van der Waals surface area contributed by atoms with Crippen molar-refractivity contribution in [3.8, 4) is 5.75 Å². The zero-order valence-electron chi connectivity index (χ0n) is 22.2. The van der Waals surface area contributed by atoms with Crippen LogP contribution in [0, 0.1) is 6.92 Å². The number of sulfonamides is 1. The number of amides is 2. The Morgan fingerprint density at radius 3 is 2.42 bits per heavy atom. The molecule has 7 rings (SSSR count). The van der Waals surface area contributed by atoms with Crippen LogP contribution < -0.4 is 10.1 Å². The quantitative estimate of drug-likeness (QED) is 0.517. The summed E-state index contributed by atoms with van der Waals surface area (Å²) in [5.74, 6) is -1.25. The second-order valence-electron chi connectivity index (χ2n) is 10.4. The first-order chi connectivity index (χ1) is 18.7. The van der Waals surface area contributed by atoms with Crippen LogP contribution in [0.1, 0.15) is 52.4 Å². The van der Waals surface area contributed by atoms with Gasteiger partial charge in [-0.05, 0) is 74.6 Å². The number of nitrogens with one attached hydrogen (secondary N) is 1. The molecule has 9 nitrogen and oxygen atoms in total. The molecule has 0 aliphatic carbocycles. The molecule has 1 atom stereocenters. The first-order valence-electron chi connectivity index (χ1n) is 12.8. The van der Waals surface area contributed by atoms with E-state index < -0.39 is 45.3 Å². The summed E-state index contributed by atoms with van der Waals surface area (Å²) in [5.41, 5.74) is -0.446. The number of carbonyl (C=O) groups is 2. The number of piperidine rings is 1. The fourth-order valence-electron chi connectivity index (χ4n) is 5.22. The molecule has 214 valence electrons. The molecule has 1 spiro atoms. The molecule has 5 aliphatic heterocycles. The number of hydrogen-bond donors (Lipinski definition) is 1. The van der Waals surface area contributed by atoms with E-state index >= 15 is 0 Å². The normalized spacial score (nSPS) is 26.8. The first-order valence-corrected chi connectivity index (χ1v) is 14.4. The molecule has 13 heteroatoms. The van der Waals surface area contributed by atoms with Crippen LogP contribution in [0.3, 0.4) is 0 Å². The predicted molar refractivity (Wildman–Crippen MR) is 141 cm³/mol. The maximum atomic E-state index is 13.8. The minimum Gasteiger partial charge on any atom is -0.471 e. The van der Waals surface area contributed by atoms with Crippen LogP contribution in [0.5, 0.6) is 5.75 Å². The third kappa shape index (κ3) is 5.19. The average molecular weight is 579 g/mol. The van der Waals surface area contributed by atoms with Gasteiger partial charge in [-0.2, -0.15) is 13.2 Å². The summed E-state index contributed by atoms with van der Waals surface area (Å²) in [6, 6.07) is 8.00. The first kappa shape index (κ1) is 28.1. The molecule has 2 aromatic carbocycles. The highest BCUT2D eigenvalue weighted by atomic mass is 32.2. The van der Waals surface area contributed by atoms with Crippen molar-refractivity contribution in [1.82, 2.24) is 14.5 Å². The largest absolute Gasteiger partial charge is 0.471 e. The third-order valence-electron chi connectivity index (χ3n) is 7.82. The maximum absolute atomic E-state index is 13.8. The number of aliphatic imine (C=N–C) groups is 1. The van der Waals surface area contributed by atoms with Gasteiger partial charge in [0, 0.05) is 31.3 Å². The number of carbonyl (C=O) groups excluding carboxylic acids is 2. The number of aryl methyl sites for hydroxylation is 2. The Balaban J connectivity index is 1.59. The molecular weight excluding hydrogens is 549 g/mol. The van der Waals surface area contributed by atoms with Crippen LogP contribution in [0.4, 0.5) is 13.2 Å². The maximum Gasteiger partial charge on any atom is 0.416 e. The SMILES string of the molecule is Cc1cc2ccc1CCS(=O)(=O)N1CCC3(CC1)N=C(NC3=O)c1cc(cc(C(F)(F)F)c1)OC(C)N(C)C2=O. The van der Waals surface area contributed by atoms with E-state index in [1.807, 2.05) is 0 Å². The zero-order chi connectivity index (χ0) is 29.0. The molecular formula is C27H29F3N4O5S. The Morgan fingerprint density at radius 1 is 1.07 bits per heavy atom. The van der Waals surface area contributed by atoms with Crippen molar-refractivity contribution in [1.29, 1.82) is 0 Å². The van der Waals surface area contributed by atoms with E-state index in [9.17, 15) is 31.2 Å². The number of benzene rings is 2. The molecule has 1 saturated heterocycles. The third-order valence-corrected chi connectivity index (χ3v) is 9.69. The average Bonchev–Trinajstić information content (AvgIpc) is 3.21. The highest BCUT2D eigenvalue weighted by Gasteiger charge is 2.48. The van der Waals surface area contributed by atoms with Crippen molar-refractivity contribution >= 4 is 27.7 Å². The highest BCUT2D eigenvalue weighted by molar-refractivity contribution is 7.89. The van der Waals surface area contributed by atoms with Gasteiger partial charge in [0.1, 0.15) is 17.1 Å². The Hall–Kier alpha value is -3.45. The Kier molecular flexibility index (Phi) is 6.94. The second kappa shape index (κ2) is 9.88. The number of halogens is 3. The van der Waals surface area contributed by atoms with Crippen molar-refractivity contribution in [2.24, 2.45) is 4.99 Å². The summed E-state index contributed by atoms with van der Waals surface area (Å²) in [7, 11) is -2.19. The monoisotopic (exact) mass is 578 g/mol. The van der Waals surface area contributed by atoms with Crippen LogP contribution in [-0.4, -0.2) is 72.9 Å². The van der Waals surface area contributed by atoms with Crippen molar-refractivity contribution in [2.45, 2.75) is 51.1 Å². The fraction of sp³-hybridized carbons (Fsp3) is 0.444. The van der Waals surface area contributed by atoms with Gasteiger partial charge < -0.3 is 15.0 Å². The summed E-state index contributed by atoms with van der Waals surface area (Å²) in [6.45, 7) is 3.43. The topological polar surface area (TPSA) is 108 Å². The summed E-state index contributed by atoms with van der Waals surface area (Å²) < 4.78 is 74.9. The van der Waals surface area contributed by atoms with Gasteiger partial charge in [-0.3, -0.25) is 14.6 Å². The molecule has 2 aromatic rings. The standard InChI is InChI=1S/C27H29F3N4O5S/c1-16-12-19-5-4-18(16)6-11-40(37,38)34-9-7-26(8-10-34)25(36)31-23(32-26)20-13-21(27(28,29)30)15-22(14-20)39-17(2)33(3)24(19)35/h4-5,12-15,17H,6-11H2,1-3H3,(H,31,32,36). The molecule has 2 amide bonds. The van der Waals surface area contributed by atoms with Gasteiger partial charge in [0.05, 0.1) is 11.3 Å². The van der Waals surface area contributed by atoms with Gasteiger partial charge in [-0.1, -0.05) is 6.07 Å². The van der Waals surface area contributed by atoms with Gasteiger partial charge in [-0.15, -0.1) is 0 Å². The molecule has 0 radical (unpaired) electrons. The number of rotatable bonds is 0. The number of alkyl halides is 3. The van der Waals surface area contributed by atoms with E-state index in [1.165, 1.54) is 29.2 Å². The van der Waals surface area contributed by atoms with E-state index in [0.29, 0.717) is 5.56 Å². The molecule has 0 saturated carbocycles. The van der Waals surface area contributed by atoms with Crippen molar-refractivity contribution in [2.75, 3.05) is 25.9 Å². The molecule has 1 unspecified atom stereocenters. The van der Waals surface area contributed by atoms with E-state index in [4.69, 9.17) is 4.74 Å². The van der Waals surface area contributed by atoms with Gasteiger partial charge >= 0.3 is 6.18 Å². The molecule has 1 N–H and O–H groups in total. The fourth-order valence-corrected chi connectivity index (χ4v) is 6.69. The van der Waals surface area contributed by atoms with Crippen molar-refractivity contribution in [3.05, 3.63) is 64.2 Å². The summed E-state index contributed by atoms with van der Waals surface area (Å²) in [5, 5.41) is 2.59. The minimum absolute atomic E-state index is 0.00750. The molecule has 0 aromatic heterocycles. The van der Waals surface area contributed by atoms with E-state index in [2.05, 4.69) is 10.3 Å². The second-order valence-corrected chi connectivity index (χ2v) is 12.5. The summed E-state index contributed by atoms with van der Waals surface area (Å²) >= 11 is 0. The van der Waals surface area contributed by atoms with Gasteiger partial charge in [-0.25, -0.2) is 12.7 Å². The van der Waals surface area contributed by atoms with E-state index in [1.54, 1.807) is 25.1 Å². The number of fused-ring (bicyclic) bond motifs is 2. The molecule has 1 fully saturated rings. The van der Waals surface area contributed by atoms with Crippen LogP contribution in [0.2, 0.25) is 0 Å². The van der Waals surface area contributed by atoms with Gasteiger partial charge in [0.2, 0.25) is 10.0 Å².